The predicted molar refractivity (Wildman–Crippen MR) is 100 cm³/mol. The third kappa shape index (κ3) is 3.79. The molecule has 0 aliphatic carbocycles. The number of carbonyl (C=O) groups excluding carboxylic acids is 2. The van der Waals surface area contributed by atoms with Crippen LogP contribution in [0.1, 0.15) is 23.2 Å². The van der Waals surface area contributed by atoms with E-state index >= 15 is 0 Å². The van der Waals surface area contributed by atoms with E-state index in [0.717, 1.165) is 17.0 Å². The van der Waals surface area contributed by atoms with E-state index < -0.39 is 0 Å². The number of rotatable bonds is 4. The first-order valence-electron chi connectivity index (χ1n) is 8.97. The minimum atomic E-state index is -0.106. The number of hydrogen-bond donors (Lipinski definition) is 1. The van der Waals surface area contributed by atoms with Crippen molar-refractivity contribution in [2.75, 3.05) is 18.4 Å². The molecule has 1 N–H and O–H groups in total. The number of furan rings is 2. The van der Waals surface area contributed by atoms with Crippen molar-refractivity contribution in [1.29, 1.82) is 0 Å². The van der Waals surface area contributed by atoms with Gasteiger partial charge < -0.3 is 19.1 Å². The normalized spacial score (nSPS) is 14.9. The van der Waals surface area contributed by atoms with E-state index in [1.807, 2.05) is 36.4 Å². The molecule has 1 aliphatic heterocycles. The predicted octanol–water partition coefficient (Wildman–Crippen LogP) is 4.03. The van der Waals surface area contributed by atoms with Crippen LogP contribution in [-0.4, -0.2) is 29.8 Å². The summed E-state index contributed by atoms with van der Waals surface area (Å²) in [5, 5.41) is 2.99. The summed E-state index contributed by atoms with van der Waals surface area (Å²) >= 11 is 0. The van der Waals surface area contributed by atoms with Crippen LogP contribution in [0.3, 0.4) is 0 Å². The van der Waals surface area contributed by atoms with Crippen molar-refractivity contribution >= 4 is 17.5 Å². The number of benzene rings is 1. The number of hydrogen-bond acceptors (Lipinski definition) is 4. The highest BCUT2D eigenvalue weighted by Crippen LogP contribution is 2.25. The van der Waals surface area contributed by atoms with Crippen molar-refractivity contribution in [3.63, 3.8) is 0 Å². The van der Waals surface area contributed by atoms with Crippen molar-refractivity contribution in [3.8, 4) is 11.3 Å². The lowest BCUT2D eigenvalue weighted by Gasteiger charge is -2.31. The van der Waals surface area contributed by atoms with E-state index in [-0.39, 0.29) is 17.7 Å². The van der Waals surface area contributed by atoms with Crippen molar-refractivity contribution < 1.29 is 18.4 Å². The Morgan fingerprint density at radius 3 is 2.59 bits per heavy atom. The third-order valence-electron chi connectivity index (χ3n) is 4.86. The number of nitrogens with zero attached hydrogens (tertiary/aromatic N) is 1. The van der Waals surface area contributed by atoms with Gasteiger partial charge >= 0.3 is 0 Å². The third-order valence-corrected chi connectivity index (χ3v) is 4.86. The maximum Gasteiger partial charge on any atom is 0.257 e. The quantitative estimate of drug-likeness (QED) is 0.758. The highest BCUT2D eigenvalue weighted by Gasteiger charge is 2.28. The van der Waals surface area contributed by atoms with Crippen LogP contribution in [0.15, 0.2) is 70.1 Å². The maximum atomic E-state index is 12.6. The Morgan fingerprint density at radius 2 is 1.89 bits per heavy atom. The molecule has 3 heterocycles. The summed E-state index contributed by atoms with van der Waals surface area (Å²) in [5.74, 6) is 0.596. The number of amides is 2. The van der Waals surface area contributed by atoms with Crippen molar-refractivity contribution in [2.45, 2.75) is 12.8 Å². The molecule has 1 fully saturated rings. The summed E-state index contributed by atoms with van der Waals surface area (Å²) in [7, 11) is 0. The molecular weight excluding hydrogens is 344 g/mol. The Hall–Kier alpha value is -3.28. The Kier molecular flexibility index (Phi) is 4.78. The number of piperidine rings is 1. The molecule has 4 rings (SSSR count). The van der Waals surface area contributed by atoms with Gasteiger partial charge in [-0.2, -0.15) is 0 Å². The maximum absolute atomic E-state index is 12.6. The fraction of sp³-hybridized carbons (Fsp3) is 0.238. The van der Waals surface area contributed by atoms with Gasteiger partial charge in [0.05, 0.1) is 18.1 Å². The number of anilines is 1. The molecule has 1 aliphatic rings. The summed E-state index contributed by atoms with van der Waals surface area (Å²) in [4.78, 5) is 26.7. The first-order valence-corrected chi connectivity index (χ1v) is 8.97. The minimum absolute atomic E-state index is 0.0120. The van der Waals surface area contributed by atoms with Gasteiger partial charge in [0.2, 0.25) is 5.91 Å². The fourth-order valence-electron chi connectivity index (χ4n) is 3.35. The highest BCUT2D eigenvalue weighted by atomic mass is 16.3. The van der Waals surface area contributed by atoms with E-state index in [9.17, 15) is 9.59 Å². The second-order valence-electron chi connectivity index (χ2n) is 6.63. The van der Waals surface area contributed by atoms with Gasteiger partial charge in [0.1, 0.15) is 12.0 Å². The summed E-state index contributed by atoms with van der Waals surface area (Å²) in [6.07, 6.45) is 5.86. The van der Waals surface area contributed by atoms with Gasteiger partial charge in [0, 0.05) is 30.3 Å². The lowest BCUT2D eigenvalue weighted by molar-refractivity contribution is -0.121. The zero-order valence-electron chi connectivity index (χ0n) is 14.8. The molecule has 0 saturated carbocycles. The Morgan fingerprint density at radius 1 is 1.04 bits per heavy atom. The Bertz CT molecular complexity index is 908. The van der Waals surface area contributed by atoms with Crippen LogP contribution >= 0.6 is 0 Å². The van der Waals surface area contributed by atoms with Gasteiger partial charge in [-0.15, -0.1) is 0 Å². The number of likely N-dealkylation sites (tertiary alicyclic amines) is 1. The lowest BCUT2D eigenvalue weighted by atomic mass is 9.95. The fourth-order valence-corrected chi connectivity index (χ4v) is 3.35. The molecule has 0 radical (unpaired) electrons. The van der Waals surface area contributed by atoms with E-state index in [0.29, 0.717) is 31.5 Å². The molecule has 138 valence electrons. The summed E-state index contributed by atoms with van der Waals surface area (Å²) in [6, 6.07) is 13.0. The van der Waals surface area contributed by atoms with Crippen LogP contribution in [-0.2, 0) is 4.79 Å². The van der Waals surface area contributed by atoms with Crippen LogP contribution in [0.25, 0.3) is 11.3 Å². The van der Waals surface area contributed by atoms with Gasteiger partial charge in [-0.25, -0.2) is 0 Å². The molecule has 0 atom stereocenters. The molecule has 2 amide bonds. The molecule has 1 saturated heterocycles. The molecule has 27 heavy (non-hydrogen) atoms. The molecule has 0 spiro atoms. The van der Waals surface area contributed by atoms with E-state index in [1.165, 1.54) is 12.5 Å². The number of nitrogens with one attached hydrogen (secondary N) is 1. The monoisotopic (exact) mass is 364 g/mol. The van der Waals surface area contributed by atoms with Gasteiger partial charge in [-0.3, -0.25) is 9.59 Å². The molecule has 1 aromatic carbocycles. The highest BCUT2D eigenvalue weighted by molar-refractivity contribution is 5.95. The smallest absolute Gasteiger partial charge is 0.257 e. The molecule has 0 bridgehead atoms. The van der Waals surface area contributed by atoms with Crippen LogP contribution in [0.5, 0.6) is 0 Å². The average molecular weight is 364 g/mol. The molecular formula is C21H20N2O4. The van der Waals surface area contributed by atoms with Crippen molar-refractivity contribution in [3.05, 3.63) is 66.8 Å². The molecule has 6 nitrogen and oxygen atoms in total. The average Bonchev–Trinajstić information content (AvgIpc) is 3.42. The standard InChI is InChI=1S/C21H20N2O4/c24-20(22-18-4-1-3-16(13-18)19-5-2-11-27-19)15-6-9-23(10-7-15)21(25)17-8-12-26-14-17/h1-5,8,11-15H,6-7,9-10H2,(H,22,24). The molecule has 2 aromatic heterocycles. The molecule has 6 heteroatoms. The largest absolute Gasteiger partial charge is 0.472 e. The van der Waals surface area contributed by atoms with Crippen molar-refractivity contribution in [1.82, 2.24) is 4.90 Å². The van der Waals surface area contributed by atoms with Crippen molar-refractivity contribution in [2.24, 2.45) is 5.92 Å². The van der Waals surface area contributed by atoms with Gasteiger partial charge in [0.15, 0.2) is 0 Å². The van der Waals surface area contributed by atoms with E-state index in [1.54, 1.807) is 17.2 Å². The first-order chi connectivity index (χ1) is 13.2. The second kappa shape index (κ2) is 7.53. The molecule has 3 aromatic rings. The second-order valence-corrected chi connectivity index (χ2v) is 6.63. The van der Waals surface area contributed by atoms with Crippen LogP contribution < -0.4 is 5.32 Å². The summed E-state index contributed by atoms with van der Waals surface area (Å²) in [5.41, 5.74) is 2.21. The van der Waals surface area contributed by atoms with E-state index in [4.69, 9.17) is 8.83 Å². The molecule has 0 unspecified atom stereocenters. The Balaban J connectivity index is 1.35. The topological polar surface area (TPSA) is 75.7 Å². The first kappa shape index (κ1) is 17.1. The summed E-state index contributed by atoms with van der Waals surface area (Å²) in [6.45, 7) is 1.13. The summed E-state index contributed by atoms with van der Waals surface area (Å²) < 4.78 is 10.4. The van der Waals surface area contributed by atoms with Crippen LogP contribution in [0.2, 0.25) is 0 Å². The van der Waals surface area contributed by atoms with E-state index in [2.05, 4.69) is 5.32 Å². The number of carbonyl (C=O) groups is 2. The lowest BCUT2D eigenvalue weighted by Crippen LogP contribution is -2.41. The van der Waals surface area contributed by atoms with Crippen LogP contribution in [0.4, 0.5) is 5.69 Å². The SMILES string of the molecule is O=C(Nc1cccc(-c2ccco2)c1)C1CCN(C(=O)c2ccoc2)CC1. The van der Waals surface area contributed by atoms with Crippen LogP contribution in [0, 0.1) is 5.92 Å². The zero-order chi connectivity index (χ0) is 18.6. The van der Waals surface area contributed by atoms with Gasteiger partial charge in [-0.05, 0) is 43.2 Å². The Labute approximate surface area is 156 Å². The van der Waals surface area contributed by atoms with Gasteiger partial charge in [-0.1, -0.05) is 12.1 Å². The minimum Gasteiger partial charge on any atom is -0.472 e. The zero-order valence-corrected chi connectivity index (χ0v) is 14.8. The van der Waals surface area contributed by atoms with Gasteiger partial charge in [0.25, 0.3) is 5.91 Å².